The standard InChI is InChI=1S/C48H78FNO10/c1-2-3-4-5-6-7-8-9-10-14-17-20-23-42(52)44(54)41(35-58-47-45(55)46(56)48(57,33-34-51)36-59-47)50-43(53)24-21-18-15-12-11-13-16-19-22-37-25-29-39(30-26-37)60-40-31-27-38(49)28-32-40/h25-32,41-42,44-47,51-52,54-57H,2-24,33-36H2,1H3,(H,50,53)/t41-,42?,44-,45?,46?,47-,48?/m1/s1. The number of hydrogen-bond donors (Lipinski definition) is 7. The van der Waals surface area contributed by atoms with Crippen LogP contribution in [0.15, 0.2) is 48.5 Å². The number of unbranched alkanes of at least 4 members (excludes halogenated alkanes) is 18. The average Bonchev–Trinajstić information content (AvgIpc) is 3.24. The molecule has 342 valence electrons. The van der Waals surface area contributed by atoms with E-state index in [1.165, 1.54) is 69.1 Å². The summed E-state index contributed by atoms with van der Waals surface area (Å²) in [5.74, 6) is 0.743. The molecule has 60 heavy (non-hydrogen) atoms. The first kappa shape index (κ1) is 51.7. The van der Waals surface area contributed by atoms with Crippen LogP contribution in [0.4, 0.5) is 4.39 Å². The van der Waals surface area contributed by atoms with Crippen molar-refractivity contribution in [3.63, 3.8) is 0 Å². The Hall–Kier alpha value is -2.68. The van der Waals surface area contributed by atoms with Gasteiger partial charge in [0.05, 0.1) is 25.4 Å². The molecular formula is C48H78FNO10. The fraction of sp³-hybridized carbons (Fsp3) is 0.729. The molecule has 7 atom stereocenters. The number of ether oxygens (including phenoxy) is 3. The highest BCUT2D eigenvalue weighted by Gasteiger charge is 2.48. The third-order valence-electron chi connectivity index (χ3n) is 11.7. The molecule has 1 fully saturated rings. The van der Waals surface area contributed by atoms with Gasteiger partial charge in [-0.05, 0) is 67.6 Å². The van der Waals surface area contributed by atoms with E-state index in [2.05, 4.69) is 24.4 Å². The molecule has 12 heteroatoms. The van der Waals surface area contributed by atoms with E-state index < -0.39 is 49.0 Å². The zero-order valence-electron chi connectivity index (χ0n) is 36.4. The second-order valence-electron chi connectivity index (χ2n) is 17.0. The summed E-state index contributed by atoms with van der Waals surface area (Å²) in [4.78, 5) is 13.1. The van der Waals surface area contributed by atoms with Gasteiger partial charge in [-0.3, -0.25) is 4.79 Å². The van der Waals surface area contributed by atoms with Crippen molar-refractivity contribution in [1.29, 1.82) is 0 Å². The van der Waals surface area contributed by atoms with Gasteiger partial charge >= 0.3 is 0 Å². The monoisotopic (exact) mass is 848 g/mol. The number of hydrogen-bond acceptors (Lipinski definition) is 10. The van der Waals surface area contributed by atoms with Gasteiger partial charge in [-0.2, -0.15) is 0 Å². The van der Waals surface area contributed by atoms with Crippen molar-refractivity contribution in [2.45, 2.75) is 203 Å². The van der Waals surface area contributed by atoms with Crippen molar-refractivity contribution in [3.8, 4) is 11.5 Å². The predicted molar refractivity (Wildman–Crippen MR) is 232 cm³/mol. The highest BCUT2D eigenvalue weighted by atomic mass is 19.1. The zero-order valence-corrected chi connectivity index (χ0v) is 36.4. The Morgan fingerprint density at radius 2 is 1.30 bits per heavy atom. The van der Waals surface area contributed by atoms with E-state index in [-0.39, 0.29) is 37.8 Å². The Balaban J connectivity index is 1.33. The first-order valence-corrected chi connectivity index (χ1v) is 23.2. The van der Waals surface area contributed by atoms with Crippen molar-refractivity contribution < 1.29 is 54.0 Å². The summed E-state index contributed by atoms with van der Waals surface area (Å²) in [5.41, 5.74) is -0.591. The van der Waals surface area contributed by atoms with E-state index in [0.29, 0.717) is 18.6 Å². The molecule has 7 N–H and O–H groups in total. The first-order valence-electron chi connectivity index (χ1n) is 23.2. The number of halogens is 1. The Bertz CT molecular complexity index is 1380. The van der Waals surface area contributed by atoms with Crippen LogP contribution in [-0.4, -0.2) is 98.7 Å². The van der Waals surface area contributed by atoms with Crippen LogP contribution in [0.5, 0.6) is 11.5 Å². The van der Waals surface area contributed by atoms with Crippen molar-refractivity contribution in [3.05, 3.63) is 59.9 Å². The van der Waals surface area contributed by atoms with Crippen LogP contribution in [-0.2, 0) is 20.7 Å². The Morgan fingerprint density at radius 1 is 0.783 bits per heavy atom. The predicted octanol–water partition coefficient (Wildman–Crippen LogP) is 8.18. The molecule has 1 amide bonds. The molecule has 0 aromatic heterocycles. The molecule has 0 radical (unpaired) electrons. The van der Waals surface area contributed by atoms with Crippen molar-refractivity contribution in [2.75, 3.05) is 19.8 Å². The highest BCUT2D eigenvalue weighted by molar-refractivity contribution is 5.76. The lowest BCUT2D eigenvalue weighted by molar-refractivity contribution is -0.302. The van der Waals surface area contributed by atoms with Crippen LogP contribution in [0.25, 0.3) is 0 Å². The van der Waals surface area contributed by atoms with E-state index >= 15 is 0 Å². The van der Waals surface area contributed by atoms with Crippen molar-refractivity contribution in [1.82, 2.24) is 5.32 Å². The summed E-state index contributed by atoms with van der Waals surface area (Å²) >= 11 is 0. The van der Waals surface area contributed by atoms with E-state index in [1.54, 1.807) is 12.1 Å². The molecule has 0 bridgehead atoms. The number of rotatable bonds is 34. The lowest BCUT2D eigenvalue weighted by Crippen LogP contribution is -2.62. The van der Waals surface area contributed by atoms with Gasteiger partial charge in [0.25, 0.3) is 0 Å². The highest BCUT2D eigenvalue weighted by Crippen LogP contribution is 2.28. The maximum atomic E-state index is 13.1. The molecule has 1 aliphatic heterocycles. The van der Waals surface area contributed by atoms with Crippen LogP contribution >= 0.6 is 0 Å². The smallest absolute Gasteiger partial charge is 0.220 e. The second kappa shape index (κ2) is 30.4. The lowest BCUT2D eigenvalue weighted by Gasteiger charge is -2.43. The molecule has 2 aromatic carbocycles. The summed E-state index contributed by atoms with van der Waals surface area (Å²) in [6, 6.07) is 13.0. The third-order valence-corrected chi connectivity index (χ3v) is 11.7. The minimum atomic E-state index is -1.84. The second-order valence-corrected chi connectivity index (χ2v) is 17.0. The van der Waals surface area contributed by atoms with Crippen molar-refractivity contribution >= 4 is 5.91 Å². The number of amides is 1. The van der Waals surface area contributed by atoms with Gasteiger partial charge in [-0.25, -0.2) is 4.39 Å². The van der Waals surface area contributed by atoms with E-state index in [1.807, 2.05) is 12.1 Å². The van der Waals surface area contributed by atoms with E-state index in [4.69, 9.17) is 14.2 Å². The minimum absolute atomic E-state index is 0.198. The van der Waals surface area contributed by atoms with Gasteiger partial charge in [0.15, 0.2) is 6.29 Å². The number of carbonyl (C=O) groups excluding carboxylic acids is 1. The molecule has 0 spiro atoms. The Morgan fingerprint density at radius 3 is 1.87 bits per heavy atom. The first-order chi connectivity index (χ1) is 29.1. The minimum Gasteiger partial charge on any atom is -0.457 e. The van der Waals surface area contributed by atoms with Crippen LogP contribution < -0.4 is 10.1 Å². The van der Waals surface area contributed by atoms with E-state index in [0.717, 1.165) is 82.8 Å². The Kier molecular flexibility index (Phi) is 26.2. The van der Waals surface area contributed by atoms with Crippen LogP contribution in [0.3, 0.4) is 0 Å². The number of carbonyl (C=O) groups is 1. The maximum Gasteiger partial charge on any atom is 0.220 e. The number of benzene rings is 2. The fourth-order valence-corrected chi connectivity index (χ4v) is 7.81. The third kappa shape index (κ3) is 20.5. The summed E-state index contributed by atoms with van der Waals surface area (Å²) in [7, 11) is 0. The SMILES string of the molecule is CCCCCCCCCCCCCCC(O)[C@H](O)[C@@H](CO[C@@H]1OCC(O)(CCO)C(O)C1O)NC(=O)CCCCCCCCCCc1ccc(Oc2ccc(F)cc2)cc1. The van der Waals surface area contributed by atoms with Crippen LogP contribution in [0.2, 0.25) is 0 Å². The summed E-state index contributed by atoms with van der Waals surface area (Å²) in [6.07, 6.45) is 16.7. The summed E-state index contributed by atoms with van der Waals surface area (Å²) < 4.78 is 30.1. The largest absolute Gasteiger partial charge is 0.457 e. The number of aryl methyl sites for hydroxylation is 1. The van der Waals surface area contributed by atoms with Gasteiger partial charge in [-0.1, -0.05) is 135 Å². The number of aliphatic hydroxyl groups is 6. The number of nitrogens with one attached hydrogen (secondary N) is 1. The molecule has 1 aliphatic rings. The lowest BCUT2D eigenvalue weighted by atomic mass is 9.88. The number of aliphatic hydroxyl groups excluding tert-OH is 5. The van der Waals surface area contributed by atoms with Gasteiger partial charge in [-0.15, -0.1) is 0 Å². The van der Waals surface area contributed by atoms with Crippen molar-refractivity contribution in [2.24, 2.45) is 0 Å². The summed E-state index contributed by atoms with van der Waals surface area (Å²) in [5, 5.41) is 65.9. The van der Waals surface area contributed by atoms with Gasteiger partial charge in [0.2, 0.25) is 5.91 Å². The van der Waals surface area contributed by atoms with E-state index in [9.17, 15) is 39.8 Å². The molecule has 11 nitrogen and oxygen atoms in total. The summed E-state index contributed by atoms with van der Waals surface area (Å²) in [6.45, 7) is 1.13. The normalized spacial score (nSPS) is 20.8. The Labute approximate surface area is 359 Å². The van der Waals surface area contributed by atoms with Crippen LogP contribution in [0.1, 0.15) is 160 Å². The molecule has 1 heterocycles. The molecule has 0 saturated carbocycles. The quantitative estimate of drug-likeness (QED) is 0.0340. The average molecular weight is 848 g/mol. The van der Waals surface area contributed by atoms with Gasteiger partial charge in [0.1, 0.15) is 41.2 Å². The topological polar surface area (TPSA) is 178 Å². The van der Waals surface area contributed by atoms with Gasteiger partial charge < -0.3 is 50.2 Å². The fourth-order valence-electron chi connectivity index (χ4n) is 7.81. The molecule has 1 saturated heterocycles. The molecule has 4 unspecified atom stereocenters. The van der Waals surface area contributed by atoms with Crippen LogP contribution in [0, 0.1) is 5.82 Å². The molecule has 0 aliphatic carbocycles. The molecule has 2 aromatic rings. The molecular weight excluding hydrogens is 770 g/mol. The maximum absolute atomic E-state index is 13.1. The van der Waals surface area contributed by atoms with Gasteiger partial charge in [0, 0.05) is 19.4 Å². The zero-order chi connectivity index (χ0) is 43.4. The molecule has 3 rings (SSSR count).